The molecular weight excluding hydrogens is 286 g/mol. The third-order valence-electron chi connectivity index (χ3n) is 4.74. The van der Waals surface area contributed by atoms with E-state index in [2.05, 4.69) is 22.4 Å². The standard InChI is InChI=1S/C14H21N5OS/c1-2-4-14(5-6-15-9-14)12-18-19-11(10-3-7-20-8-10)16-17-13(19)21-12/h10,15H,2-9H2,1H3. The maximum atomic E-state index is 5.48. The Bertz CT molecular complexity index is 624. The highest BCUT2D eigenvalue weighted by Gasteiger charge is 2.39. The van der Waals surface area contributed by atoms with Gasteiger partial charge in [-0.05, 0) is 25.8 Å². The lowest BCUT2D eigenvalue weighted by Gasteiger charge is -2.24. The normalized spacial score (nSPS) is 29.7. The molecule has 2 aliphatic rings. The van der Waals surface area contributed by atoms with Crippen molar-refractivity contribution in [3.8, 4) is 0 Å². The van der Waals surface area contributed by atoms with Crippen LogP contribution >= 0.6 is 11.3 Å². The first kappa shape index (κ1) is 13.6. The molecule has 2 unspecified atom stereocenters. The summed E-state index contributed by atoms with van der Waals surface area (Å²) in [6.45, 7) is 5.94. The highest BCUT2D eigenvalue weighted by atomic mass is 32.1. The number of nitrogens with zero attached hydrogens (tertiary/aromatic N) is 4. The molecule has 2 saturated heterocycles. The van der Waals surface area contributed by atoms with Gasteiger partial charge in [0, 0.05) is 24.5 Å². The molecule has 0 amide bonds. The third-order valence-corrected chi connectivity index (χ3v) is 5.88. The molecule has 0 spiro atoms. The molecular formula is C14H21N5OS. The van der Waals surface area contributed by atoms with Gasteiger partial charge in [-0.15, -0.1) is 10.2 Å². The zero-order valence-electron chi connectivity index (χ0n) is 12.3. The first-order chi connectivity index (χ1) is 10.3. The van der Waals surface area contributed by atoms with Gasteiger partial charge in [0.15, 0.2) is 5.82 Å². The molecule has 2 atom stereocenters. The minimum absolute atomic E-state index is 0.198. The van der Waals surface area contributed by atoms with Gasteiger partial charge in [-0.1, -0.05) is 24.7 Å². The molecule has 0 aromatic carbocycles. The highest BCUT2D eigenvalue weighted by molar-refractivity contribution is 7.16. The van der Waals surface area contributed by atoms with Crippen molar-refractivity contribution in [1.29, 1.82) is 0 Å². The molecule has 0 saturated carbocycles. The van der Waals surface area contributed by atoms with Crippen molar-refractivity contribution in [3.05, 3.63) is 10.8 Å². The van der Waals surface area contributed by atoms with Crippen LogP contribution in [-0.4, -0.2) is 46.1 Å². The number of nitrogens with one attached hydrogen (secondary N) is 1. The first-order valence-electron chi connectivity index (χ1n) is 7.83. The van der Waals surface area contributed by atoms with Crippen LogP contribution in [0.3, 0.4) is 0 Å². The molecule has 6 nitrogen and oxygen atoms in total. The van der Waals surface area contributed by atoms with Crippen LogP contribution in [0, 0.1) is 0 Å². The molecule has 0 aliphatic carbocycles. The SMILES string of the molecule is CCCC1(c2nn3c(C4CCOC4)nnc3s2)CCNC1. The van der Waals surface area contributed by atoms with Gasteiger partial charge in [0.1, 0.15) is 5.01 Å². The van der Waals surface area contributed by atoms with E-state index in [9.17, 15) is 0 Å². The molecule has 2 aliphatic heterocycles. The van der Waals surface area contributed by atoms with Crippen molar-refractivity contribution in [3.63, 3.8) is 0 Å². The Balaban J connectivity index is 1.73. The Morgan fingerprint density at radius 1 is 1.48 bits per heavy atom. The van der Waals surface area contributed by atoms with Crippen LogP contribution in [0.15, 0.2) is 0 Å². The number of fused-ring (bicyclic) bond motifs is 1. The zero-order valence-corrected chi connectivity index (χ0v) is 13.2. The van der Waals surface area contributed by atoms with Gasteiger partial charge in [-0.2, -0.15) is 9.61 Å². The number of hydrogen-bond donors (Lipinski definition) is 1. The Kier molecular flexibility index (Phi) is 3.43. The molecule has 2 fully saturated rings. The van der Waals surface area contributed by atoms with Gasteiger partial charge in [0.25, 0.3) is 0 Å². The van der Waals surface area contributed by atoms with Gasteiger partial charge in [-0.3, -0.25) is 0 Å². The second kappa shape index (κ2) is 5.30. The molecule has 114 valence electrons. The van der Waals surface area contributed by atoms with E-state index in [4.69, 9.17) is 9.84 Å². The first-order valence-corrected chi connectivity index (χ1v) is 8.65. The average Bonchev–Trinajstić information content (AvgIpc) is 3.23. The van der Waals surface area contributed by atoms with Crippen LogP contribution < -0.4 is 5.32 Å². The molecule has 4 heterocycles. The quantitative estimate of drug-likeness (QED) is 0.932. The van der Waals surface area contributed by atoms with Crippen molar-refractivity contribution in [2.75, 3.05) is 26.3 Å². The Morgan fingerprint density at radius 2 is 2.43 bits per heavy atom. The third kappa shape index (κ3) is 2.18. The van der Waals surface area contributed by atoms with Crippen LogP contribution in [0.1, 0.15) is 49.4 Å². The molecule has 7 heteroatoms. The molecule has 0 radical (unpaired) electrons. The highest BCUT2D eigenvalue weighted by Crippen LogP contribution is 2.38. The van der Waals surface area contributed by atoms with E-state index in [1.54, 1.807) is 11.3 Å². The fraction of sp³-hybridized carbons (Fsp3) is 0.786. The molecule has 2 aromatic rings. The zero-order chi connectivity index (χ0) is 14.3. The van der Waals surface area contributed by atoms with E-state index in [1.807, 2.05) is 4.52 Å². The second-order valence-electron chi connectivity index (χ2n) is 6.18. The lowest BCUT2D eigenvalue weighted by atomic mass is 9.83. The number of ether oxygens (including phenoxy) is 1. The van der Waals surface area contributed by atoms with Crippen LogP contribution in [-0.2, 0) is 10.2 Å². The summed E-state index contributed by atoms with van der Waals surface area (Å²) in [5.41, 5.74) is 0.198. The van der Waals surface area contributed by atoms with E-state index < -0.39 is 0 Å². The van der Waals surface area contributed by atoms with Gasteiger partial charge < -0.3 is 10.1 Å². The van der Waals surface area contributed by atoms with Gasteiger partial charge in [0.2, 0.25) is 4.96 Å². The van der Waals surface area contributed by atoms with Crippen LogP contribution in [0.25, 0.3) is 4.96 Å². The van der Waals surface area contributed by atoms with Crippen LogP contribution in [0.5, 0.6) is 0 Å². The van der Waals surface area contributed by atoms with Crippen molar-refractivity contribution in [2.24, 2.45) is 0 Å². The summed E-state index contributed by atoms with van der Waals surface area (Å²) in [5.74, 6) is 1.32. The fourth-order valence-electron chi connectivity index (χ4n) is 3.56. The lowest BCUT2D eigenvalue weighted by Crippen LogP contribution is -2.29. The van der Waals surface area contributed by atoms with Crippen LogP contribution in [0.4, 0.5) is 0 Å². The minimum Gasteiger partial charge on any atom is -0.381 e. The largest absolute Gasteiger partial charge is 0.381 e. The predicted octanol–water partition coefficient (Wildman–Crippen LogP) is 1.72. The monoisotopic (exact) mass is 307 g/mol. The number of rotatable bonds is 4. The van der Waals surface area contributed by atoms with E-state index in [0.717, 1.165) is 43.5 Å². The topological polar surface area (TPSA) is 64.3 Å². The average molecular weight is 307 g/mol. The predicted molar refractivity (Wildman–Crippen MR) is 80.9 cm³/mol. The van der Waals surface area contributed by atoms with Crippen molar-refractivity contribution >= 4 is 16.3 Å². The molecule has 2 aromatic heterocycles. The van der Waals surface area contributed by atoms with Crippen molar-refractivity contribution in [1.82, 2.24) is 25.1 Å². The summed E-state index contributed by atoms with van der Waals surface area (Å²) >= 11 is 1.71. The van der Waals surface area contributed by atoms with E-state index in [1.165, 1.54) is 24.3 Å². The van der Waals surface area contributed by atoms with Crippen molar-refractivity contribution in [2.45, 2.75) is 43.9 Å². The van der Waals surface area contributed by atoms with Gasteiger partial charge in [0.05, 0.1) is 6.61 Å². The number of aromatic nitrogens is 4. The van der Waals surface area contributed by atoms with E-state index >= 15 is 0 Å². The summed E-state index contributed by atoms with van der Waals surface area (Å²) < 4.78 is 7.45. The molecule has 21 heavy (non-hydrogen) atoms. The smallest absolute Gasteiger partial charge is 0.234 e. The van der Waals surface area contributed by atoms with Gasteiger partial charge >= 0.3 is 0 Å². The summed E-state index contributed by atoms with van der Waals surface area (Å²) in [5, 5.41) is 18.3. The maximum absolute atomic E-state index is 5.48. The lowest BCUT2D eigenvalue weighted by molar-refractivity contribution is 0.193. The molecule has 1 N–H and O–H groups in total. The maximum Gasteiger partial charge on any atom is 0.234 e. The molecule has 0 bridgehead atoms. The minimum atomic E-state index is 0.198. The van der Waals surface area contributed by atoms with E-state index in [0.29, 0.717) is 5.92 Å². The second-order valence-corrected chi connectivity index (χ2v) is 7.13. The fourth-order valence-corrected chi connectivity index (χ4v) is 4.65. The summed E-state index contributed by atoms with van der Waals surface area (Å²) in [4.78, 5) is 0.925. The summed E-state index contributed by atoms with van der Waals surface area (Å²) in [6, 6.07) is 0. The van der Waals surface area contributed by atoms with Crippen molar-refractivity contribution < 1.29 is 4.74 Å². The molecule has 4 rings (SSSR count). The Hall–Kier alpha value is -1.05. The number of hydrogen-bond acceptors (Lipinski definition) is 6. The van der Waals surface area contributed by atoms with Crippen LogP contribution in [0.2, 0.25) is 0 Å². The van der Waals surface area contributed by atoms with E-state index in [-0.39, 0.29) is 5.41 Å². The summed E-state index contributed by atoms with van der Waals surface area (Å²) in [7, 11) is 0. The van der Waals surface area contributed by atoms with Gasteiger partial charge in [-0.25, -0.2) is 0 Å². The summed E-state index contributed by atoms with van der Waals surface area (Å²) in [6.07, 6.45) is 4.57. The Labute approximate surface area is 127 Å². The Morgan fingerprint density at radius 3 is 3.14 bits per heavy atom.